The first-order valence-corrected chi connectivity index (χ1v) is 10.2. The quantitative estimate of drug-likeness (QED) is 0.380. The molecule has 1 aromatic heterocycles. The van der Waals surface area contributed by atoms with E-state index in [0.29, 0.717) is 17.2 Å². The molecule has 3 aromatic carbocycles. The highest BCUT2D eigenvalue weighted by Crippen LogP contribution is 2.32. The number of fused-ring (bicyclic) bond motifs is 1. The van der Waals surface area contributed by atoms with Gasteiger partial charge in [-0.15, -0.1) is 0 Å². The summed E-state index contributed by atoms with van der Waals surface area (Å²) in [4.78, 5) is 19.9. The molecule has 0 fully saturated rings. The van der Waals surface area contributed by atoms with Crippen molar-refractivity contribution in [2.75, 3.05) is 4.90 Å². The molecule has 0 saturated heterocycles. The third kappa shape index (κ3) is 3.80. The van der Waals surface area contributed by atoms with Crippen LogP contribution in [0.3, 0.4) is 0 Å². The van der Waals surface area contributed by atoms with Crippen LogP contribution >= 0.6 is 27.3 Å². The Hall–Kier alpha value is -2.50. The number of hydrogen-bond acceptors (Lipinski definition) is 3. The maximum absolute atomic E-state index is 13.4. The van der Waals surface area contributed by atoms with E-state index in [4.69, 9.17) is 4.98 Å². The first kappa shape index (κ1) is 17.9. The first-order chi connectivity index (χ1) is 13.1. The fourth-order valence-corrected chi connectivity index (χ4v) is 4.42. The molecular weight excluding hydrogens is 420 g/mol. The minimum absolute atomic E-state index is 0.0675. The molecule has 4 rings (SSSR count). The largest absolute Gasteiger partial charge is 0.279 e. The van der Waals surface area contributed by atoms with Gasteiger partial charge in [0, 0.05) is 4.47 Å². The van der Waals surface area contributed by atoms with Gasteiger partial charge in [0.2, 0.25) is 0 Å². The highest BCUT2D eigenvalue weighted by molar-refractivity contribution is 9.10. The second-order valence-corrected chi connectivity index (χ2v) is 8.19. The number of carbonyl (C=O) groups excluding carboxylic acids is 1. The summed E-state index contributed by atoms with van der Waals surface area (Å²) < 4.78 is 1.87. The van der Waals surface area contributed by atoms with Crippen molar-refractivity contribution >= 4 is 48.5 Å². The number of amides is 1. The van der Waals surface area contributed by atoms with Crippen LogP contribution in [0, 0.1) is 6.92 Å². The highest BCUT2D eigenvalue weighted by Gasteiger charge is 2.23. The number of anilines is 1. The van der Waals surface area contributed by atoms with Gasteiger partial charge in [-0.2, -0.15) is 0 Å². The number of thiazole rings is 1. The molecule has 5 heteroatoms. The molecular formula is C22H17BrN2OS. The molecule has 0 aliphatic heterocycles. The molecule has 134 valence electrons. The molecule has 0 spiro atoms. The molecule has 0 aliphatic carbocycles. The van der Waals surface area contributed by atoms with Gasteiger partial charge in [-0.3, -0.25) is 9.69 Å². The van der Waals surface area contributed by atoms with Gasteiger partial charge in [-0.1, -0.05) is 59.9 Å². The van der Waals surface area contributed by atoms with Crippen molar-refractivity contribution in [3.63, 3.8) is 0 Å². The molecule has 0 unspecified atom stereocenters. The van der Waals surface area contributed by atoms with E-state index in [1.54, 1.807) is 16.2 Å². The number of nitrogens with zero attached hydrogens (tertiary/aromatic N) is 2. The Balaban J connectivity index is 1.79. The van der Waals surface area contributed by atoms with E-state index in [1.807, 2.05) is 66.7 Å². The van der Waals surface area contributed by atoms with Crippen molar-refractivity contribution < 1.29 is 4.79 Å². The summed E-state index contributed by atoms with van der Waals surface area (Å²) in [5.41, 5.74) is 3.79. The van der Waals surface area contributed by atoms with Crippen LogP contribution in [-0.2, 0) is 6.54 Å². The Kier molecular flexibility index (Phi) is 5.05. The van der Waals surface area contributed by atoms with Gasteiger partial charge in [-0.25, -0.2) is 4.98 Å². The van der Waals surface area contributed by atoms with E-state index in [2.05, 4.69) is 28.9 Å². The molecule has 0 N–H and O–H groups in total. The Morgan fingerprint density at radius 1 is 1.04 bits per heavy atom. The van der Waals surface area contributed by atoms with Crippen LogP contribution in [0.25, 0.3) is 10.2 Å². The summed E-state index contributed by atoms with van der Waals surface area (Å²) in [6.45, 7) is 2.53. The zero-order valence-electron chi connectivity index (χ0n) is 14.7. The van der Waals surface area contributed by atoms with Crippen LogP contribution in [0.4, 0.5) is 5.13 Å². The van der Waals surface area contributed by atoms with Gasteiger partial charge in [0.05, 0.1) is 22.3 Å². The van der Waals surface area contributed by atoms with Gasteiger partial charge in [0.25, 0.3) is 5.91 Å². The van der Waals surface area contributed by atoms with E-state index in [-0.39, 0.29) is 5.91 Å². The lowest BCUT2D eigenvalue weighted by Gasteiger charge is -2.20. The third-order valence-electron chi connectivity index (χ3n) is 4.30. The van der Waals surface area contributed by atoms with Crippen molar-refractivity contribution in [3.05, 3.63) is 94.0 Å². The smallest absolute Gasteiger partial charge is 0.261 e. The van der Waals surface area contributed by atoms with E-state index in [9.17, 15) is 4.79 Å². The zero-order chi connectivity index (χ0) is 18.8. The number of rotatable bonds is 4. The van der Waals surface area contributed by atoms with Crippen LogP contribution in [0.15, 0.2) is 77.3 Å². The number of aryl methyl sites for hydroxylation is 1. The van der Waals surface area contributed by atoms with E-state index < -0.39 is 0 Å². The van der Waals surface area contributed by atoms with E-state index >= 15 is 0 Å². The van der Waals surface area contributed by atoms with Crippen molar-refractivity contribution in [1.29, 1.82) is 0 Å². The fourth-order valence-electron chi connectivity index (χ4n) is 2.91. The monoisotopic (exact) mass is 436 g/mol. The number of carbonyl (C=O) groups is 1. The molecule has 0 bridgehead atoms. The standard InChI is InChI=1S/C22H17BrN2OS/c1-15-11-12-19-20(13-15)27-22(24-19)25(14-16-7-3-2-4-8-16)21(26)17-9-5-6-10-18(17)23/h2-13H,14H2,1H3. The number of benzene rings is 3. The molecule has 1 heterocycles. The molecule has 4 aromatic rings. The van der Waals surface area contributed by atoms with Gasteiger partial charge < -0.3 is 0 Å². The van der Waals surface area contributed by atoms with Crippen LogP contribution in [0.2, 0.25) is 0 Å². The van der Waals surface area contributed by atoms with E-state index in [1.165, 1.54) is 5.56 Å². The van der Waals surface area contributed by atoms with Crippen LogP contribution in [-0.4, -0.2) is 10.9 Å². The average Bonchev–Trinajstić information content (AvgIpc) is 3.09. The van der Waals surface area contributed by atoms with Gasteiger partial charge in [0.1, 0.15) is 0 Å². The summed E-state index contributed by atoms with van der Waals surface area (Å²) in [5.74, 6) is -0.0675. The average molecular weight is 437 g/mol. The van der Waals surface area contributed by atoms with Crippen molar-refractivity contribution in [2.24, 2.45) is 0 Å². The lowest BCUT2D eigenvalue weighted by atomic mass is 10.1. The van der Waals surface area contributed by atoms with Crippen LogP contribution in [0.1, 0.15) is 21.5 Å². The molecule has 0 aliphatic rings. The van der Waals surface area contributed by atoms with Crippen molar-refractivity contribution in [3.8, 4) is 0 Å². The van der Waals surface area contributed by atoms with Crippen molar-refractivity contribution in [1.82, 2.24) is 4.98 Å². The summed E-state index contributed by atoms with van der Waals surface area (Å²) in [6, 6.07) is 23.7. The summed E-state index contributed by atoms with van der Waals surface area (Å²) in [7, 11) is 0. The topological polar surface area (TPSA) is 33.2 Å². The van der Waals surface area contributed by atoms with Crippen molar-refractivity contribution in [2.45, 2.75) is 13.5 Å². The number of hydrogen-bond donors (Lipinski definition) is 0. The van der Waals surface area contributed by atoms with Crippen LogP contribution in [0.5, 0.6) is 0 Å². The lowest BCUT2D eigenvalue weighted by Crippen LogP contribution is -2.30. The number of halogens is 1. The van der Waals surface area contributed by atoms with Crippen LogP contribution < -0.4 is 4.90 Å². The second-order valence-electron chi connectivity index (χ2n) is 6.32. The van der Waals surface area contributed by atoms with E-state index in [0.717, 1.165) is 20.3 Å². The Morgan fingerprint density at radius 2 is 1.78 bits per heavy atom. The lowest BCUT2D eigenvalue weighted by molar-refractivity contribution is 0.0984. The Bertz CT molecular complexity index is 1110. The molecule has 1 amide bonds. The predicted octanol–water partition coefficient (Wildman–Crippen LogP) is 6.21. The second kappa shape index (κ2) is 7.62. The predicted molar refractivity (Wildman–Crippen MR) is 115 cm³/mol. The molecule has 27 heavy (non-hydrogen) atoms. The van der Waals surface area contributed by atoms with Gasteiger partial charge in [0.15, 0.2) is 5.13 Å². The molecule has 0 radical (unpaired) electrons. The molecule has 0 atom stereocenters. The molecule has 3 nitrogen and oxygen atoms in total. The normalized spacial score (nSPS) is 10.9. The third-order valence-corrected chi connectivity index (χ3v) is 6.03. The summed E-state index contributed by atoms with van der Waals surface area (Å²) in [5, 5.41) is 0.709. The maximum atomic E-state index is 13.4. The Morgan fingerprint density at radius 3 is 2.56 bits per heavy atom. The summed E-state index contributed by atoms with van der Waals surface area (Å²) >= 11 is 5.05. The molecule has 0 saturated carbocycles. The Labute approximate surface area is 170 Å². The minimum atomic E-state index is -0.0675. The SMILES string of the molecule is Cc1ccc2nc(N(Cc3ccccc3)C(=O)c3ccccc3Br)sc2c1. The highest BCUT2D eigenvalue weighted by atomic mass is 79.9. The van der Waals surface area contributed by atoms with Gasteiger partial charge in [-0.05, 0) is 58.2 Å². The first-order valence-electron chi connectivity index (χ1n) is 8.59. The number of aromatic nitrogens is 1. The maximum Gasteiger partial charge on any atom is 0.261 e. The summed E-state index contributed by atoms with van der Waals surface area (Å²) in [6.07, 6.45) is 0. The minimum Gasteiger partial charge on any atom is -0.279 e. The fraction of sp³-hybridized carbons (Fsp3) is 0.0909. The van der Waals surface area contributed by atoms with Gasteiger partial charge >= 0.3 is 0 Å². The zero-order valence-corrected chi connectivity index (χ0v) is 17.1.